The third-order valence-electron chi connectivity index (χ3n) is 7.60. The van der Waals surface area contributed by atoms with Crippen LogP contribution in [-0.2, 0) is 19.1 Å². The number of rotatable bonds is 8. The number of para-hydroxylation sites is 1. The Hall–Kier alpha value is -3.07. The highest BCUT2D eigenvalue weighted by Crippen LogP contribution is 2.52. The number of nitrogens with zero attached hydrogens (tertiary/aromatic N) is 3. The van der Waals surface area contributed by atoms with Crippen molar-refractivity contribution >= 4 is 29.7 Å². The van der Waals surface area contributed by atoms with Crippen molar-refractivity contribution in [3.8, 4) is 11.8 Å². The minimum atomic E-state index is -1.54. The Morgan fingerprint density at radius 3 is 2.62 bits per heavy atom. The molecule has 3 fully saturated rings. The molecule has 3 heterocycles. The zero-order chi connectivity index (χ0) is 26.3. The molecule has 0 spiro atoms. The summed E-state index contributed by atoms with van der Waals surface area (Å²) in [6.45, 7) is 2.92. The minimum absolute atomic E-state index is 0.0657. The summed E-state index contributed by atoms with van der Waals surface area (Å²) < 4.78 is 17.6. The molecule has 0 bridgehead atoms. The molecule has 3 aliphatic heterocycles. The Morgan fingerprint density at radius 2 is 2.00 bits per heavy atom. The number of carbonyl (C=O) groups is 3. The molecular weight excluding hydrogens is 498 g/mol. The molecule has 3 atom stereocenters. The molecule has 5 rings (SSSR count). The number of fused-ring (bicyclic) bond motifs is 1. The number of carbonyl (C=O) groups excluding carboxylic acids is 2. The van der Waals surface area contributed by atoms with Crippen molar-refractivity contribution in [2.24, 2.45) is 5.92 Å². The largest absolute Gasteiger partial charge is 0.496 e. The summed E-state index contributed by atoms with van der Waals surface area (Å²) in [6, 6.07) is 8.88. The van der Waals surface area contributed by atoms with E-state index < -0.39 is 40.8 Å². The molecule has 1 aromatic rings. The van der Waals surface area contributed by atoms with E-state index in [9.17, 15) is 24.8 Å². The molecule has 4 aliphatic rings. The zero-order valence-electron chi connectivity index (χ0n) is 20.7. The number of benzene rings is 1. The summed E-state index contributed by atoms with van der Waals surface area (Å²) in [5.74, 6) is -1.94. The van der Waals surface area contributed by atoms with Crippen LogP contribution in [0.15, 0.2) is 34.7 Å². The number of carboxylic acids is 1. The molecule has 0 radical (unpaired) electrons. The highest BCUT2D eigenvalue weighted by Gasteiger charge is 2.65. The SMILES string of the molecule is COc1ccccc1C(CN1C(=O)N(C2(C(=O)O)CC2)C(=O)C2C(C)=C(C#N)SC21)OC1CCOCC1. The van der Waals surface area contributed by atoms with Gasteiger partial charge in [0.2, 0.25) is 5.91 Å². The number of imide groups is 1. The van der Waals surface area contributed by atoms with Gasteiger partial charge in [-0.25, -0.2) is 14.5 Å². The fourth-order valence-electron chi connectivity index (χ4n) is 5.37. The van der Waals surface area contributed by atoms with Gasteiger partial charge in [-0.3, -0.25) is 4.79 Å². The van der Waals surface area contributed by atoms with Gasteiger partial charge in [0.1, 0.15) is 28.8 Å². The molecule has 0 aromatic heterocycles. The first-order valence-corrected chi connectivity index (χ1v) is 13.2. The Morgan fingerprint density at radius 1 is 1.30 bits per heavy atom. The van der Waals surface area contributed by atoms with Gasteiger partial charge < -0.3 is 24.2 Å². The molecule has 1 aliphatic carbocycles. The fraction of sp³-hybridized carbons (Fsp3) is 0.538. The van der Waals surface area contributed by atoms with Gasteiger partial charge in [0.15, 0.2) is 0 Å². The molecule has 196 valence electrons. The molecule has 10 nitrogen and oxygen atoms in total. The van der Waals surface area contributed by atoms with Crippen LogP contribution in [0.25, 0.3) is 0 Å². The number of urea groups is 1. The molecule has 1 aromatic carbocycles. The number of methoxy groups -OCH3 is 1. The fourth-order valence-corrected chi connectivity index (χ4v) is 6.74. The molecule has 3 unspecified atom stereocenters. The van der Waals surface area contributed by atoms with Crippen molar-refractivity contribution in [1.82, 2.24) is 9.80 Å². The molecule has 3 amide bonds. The Balaban J connectivity index is 1.53. The topological polar surface area (TPSA) is 129 Å². The third-order valence-corrected chi connectivity index (χ3v) is 9.02. The Bertz CT molecular complexity index is 1180. The van der Waals surface area contributed by atoms with E-state index in [-0.39, 0.29) is 25.5 Å². The van der Waals surface area contributed by atoms with Crippen LogP contribution in [0.2, 0.25) is 0 Å². The van der Waals surface area contributed by atoms with Crippen molar-refractivity contribution in [2.75, 3.05) is 26.9 Å². The van der Waals surface area contributed by atoms with Gasteiger partial charge in [-0.05, 0) is 44.2 Å². The van der Waals surface area contributed by atoms with E-state index >= 15 is 0 Å². The van der Waals surface area contributed by atoms with E-state index in [4.69, 9.17) is 14.2 Å². The zero-order valence-corrected chi connectivity index (χ0v) is 21.5. The van der Waals surface area contributed by atoms with Crippen LogP contribution in [0.1, 0.15) is 44.3 Å². The van der Waals surface area contributed by atoms with Crippen LogP contribution in [0.3, 0.4) is 0 Å². The average Bonchev–Trinajstić information content (AvgIpc) is 3.63. The normalized spacial score (nSPS) is 26.1. The summed E-state index contributed by atoms with van der Waals surface area (Å²) in [5, 5.41) is 19.0. The summed E-state index contributed by atoms with van der Waals surface area (Å²) in [7, 11) is 1.57. The van der Waals surface area contributed by atoms with Crippen LogP contribution in [-0.4, -0.2) is 76.7 Å². The van der Waals surface area contributed by atoms with Crippen molar-refractivity contribution in [2.45, 2.75) is 55.7 Å². The smallest absolute Gasteiger partial charge is 0.330 e. The number of allylic oxidation sites excluding steroid dienone is 1. The standard InChI is InChI=1S/C26H29N3O7S/c1-15-20(13-27)37-23-21(15)22(30)29(26(9-10-26)24(31)32)25(33)28(23)14-19(36-16-7-11-35-12-8-16)17-5-3-4-6-18(17)34-2/h3-6,16,19,21,23H,7-12,14H2,1-2H3,(H,31,32). The van der Waals surface area contributed by atoms with Crippen molar-refractivity contribution in [3.05, 3.63) is 40.3 Å². The highest BCUT2D eigenvalue weighted by atomic mass is 32.2. The van der Waals surface area contributed by atoms with E-state index in [2.05, 4.69) is 6.07 Å². The van der Waals surface area contributed by atoms with Gasteiger partial charge in [0.25, 0.3) is 0 Å². The highest BCUT2D eigenvalue weighted by molar-refractivity contribution is 8.04. The molecule has 11 heteroatoms. The Labute approximate surface area is 219 Å². The van der Waals surface area contributed by atoms with Crippen LogP contribution >= 0.6 is 11.8 Å². The second kappa shape index (κ2) is 10.0. The van der Waals surface area contributed by atoms with E-state index in [0.717, 1.165) is 10.5 Å². The maximum atomic E-state index is 13.9. The van der Waals surface area contributed by atoms with E-state index in [1.165, 1.54) is 16.7 Å². The number of amides is 3. The van der Waals surface area contributed by atoms with Crippen molar-refractivity contribution in [3.63, 3.8) is 0 Å². The number of carboxylic acid groups (broad SMARTS) is 1. The van der Waals surface area contributed by atoms with Gasteiger partial charge in [0.05, 0.1) is 30.6 Å². The summed E-state index contributed by atoms with van der Waals surface area (Å²) >= 11 is 1.17. The summed E-state index contributed by atoms with van der Waals surface area (Å²) in [5.41, 5.74) is -0.235. The summed E-state index contributed by atoms with van der Waals surface area (Å²) in [6.07, 6.45) is 1.11. The number of hydrogen-bond donors (Lipinski definition) is 1. The Kier molecular flexibility index (Phi) is 6.91. The molecule has 2 saturated heterocycles. The molecule has 1 saturated carbocycles. The quantitative estimate of drug-likeness (QED) is 0.541. The summed E-state index contributed by atoms with van der Waals surface area (Å²) in [4.78, 5) is 42.5. The van der Waals surface area contributed by atoms with E-state index in [1.54, 1.807) is 14.0 Å². The maximum Gasteiger partial charge on any atom is 0.330 e. The minimum Gasteiger partial charge on any atom is -0.496 e. The van der Waals surface area contributed by atoms with Gasteiger partial charge >= 0.3 is 12.0 Å². The third kappa shape index (κ3) is 4.37. The van der Waals surface area contributed by atoms with E-state index in [1.807, 2.05) is 24.3 Å². The first-order chi connectivity index (χ1) is 17.8. The lowest BCUT2D eigenvalue weighted by Crippen LogP contribution is -2.65. The first kappa shape index (κ1) is 25.6. The number of ether oxygens (including phenoxy) is 3. The predicted molar refractivity (Wildman–Crippen MR) is 132 cm³/mol. The monoisotopic (exact) mass is 527 g/mol. The van der Waals surface area contributed by atoms with Crippen LogP contribution in [0, 0.1) is 17.2 Å². The van der Waals surface area contributed by atoms with Crippen molar-refractivity contribution in [1.29, 1.82) is 5.26 Å². The van der Waals surface area contributed by atoms with Crippen LogP contribution in [0.4, 0.5) is 4.79 Å². The van der Waals surface area contributed by atoms with Gasteiger partial charge in [-0.15, -0.1) is 0 Å². The number of thioether (sulfide) groups is 1. The van der Waals surface area contributed by atoms with Gasteiger partial charge in [-0.1, -0.05) is 30.0 Å². The lowest BCUT2D eigenvalue weighted by Gasteiger charge is -2.45. The first-order valence-electron chi connectivity index (χ1n) is 12.3. The number of hydrogen-bond acceptors (Lipinski definition) is 8. The second-order valence-corrected chi connectivity index (χ2v) is 10.9. The number of nitriles is 1. The van der Waals surface area contributed by atoms with Crippen molar-refractivity contribution < 1.29 is 33.7 Å². The lowest BCUT2D eigenvalue weighted by molar-refractivity contribution is -0.153. The number of aliphatic carboxylic acids is 1. The van der Waals surface area contributed by atoms with Gasteiger partial charge in [0, 0.05) is 18.8 Å². The van der Waals surface area contributed by atoms with Gasteiger partial charge in [-0.2, -0.15) is 5.26 Å². The average molecular weight is 528 g/mol. The maximum absolute atomic E-state index is 13.9. The van der Waals surface area contributed by atoms with E-state index in [0.29, 0.717) is 42.3 Å². The molecule has 1 N–H and O–H groups in total. The van der Waals surface area contributed by atoms with Crippen LogP contribution < -0.4 is 4.74 Å². The predicted octanol–water partition coefficient (Wildman–Crippen LogP) is 3.30. The lowest BCUT2D eigenvalue weighted by atomic mass is 9.93. The molecular formula is C26H29N3O7S. The molecule has 37 heavy (non-hydrogen) atoms. The second-order valence-electron chi connectivity index (χ2n) is 9.73. The van der Waals surface area contributed by atoms with Crippen LogP contribution in [0.5, 0.6) is 5.75 Å².